The van der Waals surface area contributed by atoms with Crippen molar-refractivity contribution >= 4 is 5.69 Å². The fourth-order valence-corrected chi connectivity index (χ4v) is 1.57. The molecule has 0 radical (unpaired) electrons. The van der Waals surface area contributed by atoms with E-state index < -0.39 is 0 Å². The van der Waals surface area contributed by atoms with E-state index in [0.717, 1.165) is 28.9 Å². The standard InChI is InChI=1S/C16H16N2/c1-3-15-9-8-14(12-18-15)5-4-13-6-10-16(17-2)11-7-13/h6-12,17H,3H2,1-2H3. The Labute approximate surface area is 108 Å². The van der Waals surface area contributed by atoms with Crippen molar-refractivity contribution in [1.82, 2.24) is 4.98 Å². The molecule has 1 aromatic heterocycles. The molecule has 2 nitrogen and oxygen atoms in total. The predicted octanol–water partition coefficient (Wildman–Crippen LogP) is 3.09. The van der Waals surface area contributed by atoms with Gasteiger partial charge in [0.1, 0.15) is 0 Å². The predicted molar refractivity (Wildman–Crippen MR) is 75.6 cm³/mol. The summed E-state index contributed by atoms with van der Waals surface area (Å²) in [4.78, 5) is 4.32. The van der Waals surface area contributed by atoms with Crippen LogP contribution in [0.4, 0.5) is 5.69 Å². The van der Waals surface area contributed by atoms with Crippen molar-refractivity contribution in [3.05, 3.63) is 59.4 Å². The lowest BCUT2D eigenvalue weighted by Crippen LogP contribution is -1.87. The molecule has 0 aliphatic carbocycles. The summed E-state index contributed by atoms with van der Waals surface area (Å²) in [5, 5.41) is 3.08. The van der Waals surface area contributed by atoms with Gasteiger partial charge < -0.3 is 5.32 Å². The van der Waals surface area contributed by atoms with Gasteiger partial charge in [-0.2, -0.15) is 0 Å². The molecule has 2 heteroatoms. The van der Waals surface area contributed by atoms with Crippen LogP contribution in [-0.2, 0) is 6.42 Å². The van der Waals surface area contributed by atoms with Crippen molar-refractivity contribution in [2.75, 3.05) is 12.4 Å². The zero-order valence-electron chi connectivity index (χ0n) is 10.7. The highest BCUT2D eigenvalue weighted by Crippen LogP contribution is 2.07. The number of hydrogen-bond donors (Lipinski definition) is 1. The van der Waals surface area contributed by atoms with Crippen LogP contribution in [0.25, 0.3) is 0 Å². The van der Waals surface area contributed by atoms with E-state index in [0.29, 0.717) is 0 Å². The van der Waals surface area contributed by atoms with Gasteiger partial charge in [0.2, 0.25) is 0 Å². The molecule has 90 valence electrons. The summed E-state index contributed by atoms with van der Waals surface area (Å²) < 4.78 is 0. The van der Waals surface area contributed by atoms with Crippen molar-refractivity contribution in [1.29, 1.82) is 0 Å². The number of rotatable bonds is 2. The second-order valence-corrected chi connectivity index (χ2v) is 3.97. The third-order valence-corrected chi connectivity index (χ3v) is 2.71. The minimum Gasteiger partial charge on any atom is -0.388 e. The first kappa shape index (κ1) is 12.2. The number of pyridine rings is 1. The second kappa shape index (κ2) is 5.88. The van der Waals surface area contributed by atoms with Crippen molar-refractivity contribution in [3.8, 4) is 11.8 Å². The molecule has 18 heavy (non-hydrogen) atoms. The number of anilines is 1. The summed E-state index contributed by atoms with van der Waals surface area (Å²) in [5.74, 6) is 6.25. The molecule has 0 saturated heterocycles. The molecule has 0 aliphatic heterocycles. The molecule has 0 bridgehead atoms. The summed E-state index contributed by atoms with van der Waals surface area (Å²) in [6.07, 6.45) is 2.78. The lowest BCUT2D eigenvalue weighted by atomic mass is 10.2. The van der Waals surface area contributed by atoms with E-state index in [2.05, 4.69) is 29.1 Å². The van der Waals surface area contributed by atoms with Gasteiger partial charge in [0.15, 0.2) is 0 Å². The quantitative estimate of drug-likeness (QED) is 0.810. The lowest BCUT2D eigenvalue weighted by molar-refractivity contribution is 1.03. The maximum Gasteiger partial charge on any atom is 0.0432 e. The Hall–Kier alpha value is -2.27. The number of nitrogens with zero attached hydrogens (tertiary/aromatic N) is 1. The zero-order chi connectivity index (χ0) is 12.8. The lowest BCUT2D eigenvalue weighted by Gasteiger charge is -1.98. The monoisotopic (exact) mass is 236 g/mol. The van der Waals surface area contributed by atoms with Gasteiger partial charge in [-0.05, 0) is 42.8 Å². The van der Waals surface area contributed by atoms with E-state index in [4.69, 9.17) is 0 Å². The molecule has 1 aromatic carbocycles. The van der Waals surface area contributed by atoms with Gasteiger partial charge in [-0.25, -0.2) is 0 Å². The molecular formula is C16H16N2. The van der Waals surface area contributed by atoms with Gasteiger partial charge >= 0.3 is 0 Å². The first-order valence-electron chi connectivity index (χ1n) is 6.06. The van der Waals surface area contributed by atoms with Crippen LogP contribution in [0.3, 0.4) is 0 Å². The number of nitrogens with one attached hydrogen (secondary N) is 1. The summed E-state index contributed by atoms with van der Waals surface area (Å²) >= 11 is 0. The highest BCUT2D eigenvalue weighted by atomic mass is 14.8. The number of aromatic nitrogens is 1. The van der Waals surface area contributed by atoms with Crippen LogP contribution >= 0.6 is 0 Å². The molecule has 0 amide bonds. The Balaban J connectivity index is 2.14. The van der Waals surface area contributed by atoms with Gasteiger partial charge in [-0.1, -0.05) is 18.8 Å². The largest absolute Gasteiger partial charge is 0.388 e. The average molecular weight is 236 g/mol. The summed E-state index contributed by atoms with van der Waals surface area (Å²) in [7, 11) is 1.90. The molecule has 1 heterocycles. The number of aryl methyl sites for hydroxylation is 1. The first-order chi connectivity index (χ1) is 8.81. The normalized spacial score (nSPS) is 9.44. The van der Waals surface area contributed by atoms with E-state index in [1.54, 1.807) is 0 Å². The topological polar surface area (TPSA) is 24.9 Å². The Kier molecular flexibility index (Phi) is 3.98. The van der Waals surface area contributed by atoms with Crippen molar-refractivity contribution in [2.45, 2.75) is 13.3 Å². The first-order valence-corrected chi connectivity index (χ1v) is 6.06. The fraction of sp³-hybridized carbons (Fsp3) is 0.188. The molecule has 2 rings (SSSR count). The van der Waals surface area contributed by atoms with Gasteiger partial charge in [0, 0.05) is 35.8 Å². The zero-order valence-corrected chi connectivity index (χ0v) is 10.7. The van der Waals surface area contributed by atoms with E-state index in [-0.39, 0.29) is 0 Å². The molecule has 0 fully saturated rings. The molecule has 0 unspecified atom stereocenters. The van der Waals surface area contributed by atoms with E-state index in [9.17, 15) is 0 Å². The van der Waals surface area contributed by atoms with Crippen LogP contribution < -0.4 is 5.32 Å². The fourth-order valence-electron chi connectivity index (χ4n) is 1.57. The molecule has 0 saturated carbocycles. The summed E-state index contributed by atoms with van der Waals surface area (Å²) in [6, 6.07) is 12.1. The van der Waals surface area contributed by atoms with Crippen molar-refractivity contribution in [2.24, 2.45) is 0 Å². The molecule has 2 aromatic rings. The van der Waals surface area contributed by atoms with Crippen LogP contribution in [0, 0.1) is 11.8 Å². The number of hydrogen-bond acceptors (Lipinski definition) is 2. The van der Waals surface area contributed by atoms with Crippen LogP contribution in [0.5, 0.6) is 0 Å². The smallest absolute Gasteiger partial charge is 0.0432 e. The van der Waals surface area contributed by atoms with Crippen molar-refractivity contribution < 1.29 is 0 Å². The SMILES string of the molecule is CCc1ccc(C#Cc2ccc(NC)cc2)cn1. The van der Waals surface area contributed by atoms with Crippen LogP contribution in [0.2, 0.25) is 0 Å². The minimum absolute atomic E-state index is 0.949. The summed E-state index contributed by atoms with van der Waals surface area (Å²) in [6.45, 7) is 2.09. The Morgan fingerprint density at radius 3 is 2.22 bits per heavy atom. The molecular weight excluding hydrogens is 220 g/mol. The highest BCUT2D eigenvalue weighted by molar-refractivity contribution is 5.49. The number of benzene rings is 1. The van der Waals surface area contributed by atoms with E-state index in [1.165, 1.54) is 0 Å². The molecule has 0 aliphatic rings. The average Bonchev–Trinajstić information content (AvgIpc) is 2.46. The third kappa shape index (κ3) is 3.11. The van der Waals surface area contributed by atoms with Gasteiger partial charge in [0.05, 0.1) is 0 Å². The van der Waals surface area contributed by atoms with Crippen LogP contribution in [0.1, 0.15) is 23.7 Å². The molecule has 0 spiro atoms. The molecule has 0 atom stereocenters. The highest BCUT2D eigenvalue weighted by Gasteiger charge is 1.91. The van der Waals surface area contributed by atoms with E-state index >= 15 is 0 Å². The second-order valence-electron chi connectivity index (χ2n) is 3.97. The van der Waals surface area contributed by atoms with Gasteiger partial charge in [0.25, 0.3) is 0 Å². The van der Waals surface area contributed by atoms with Gasteiger partial charge in [-0.3, -0.25) is 4.98 Å². The van der Waals surface area contributed by atoms with Crippen LogP contribution in [-0.4, -0.2) is 12.0 Å². The Bertz CT molecular complexity index is 505. The van der Waals surface area contributed by atoms with E-state index in [1.807, 2.05) is 49.6 Å². The summed E-state index contributed by atoms with van der Waals surface area (Å²) in [5.41, 5.74) is 4.15. The third-order valence-electron chi connectivity index (χ3n) is 2.71. The Morgan fingerprint density at radius 1 is 1.00 bits per heavy atom. The van der Waals surface area contributed by atoms with Crippen molar-refractivity contribution in [3.63, 3.8) is 0 Å². The van der Waals surface area contributed by atoms with Gasteiger partial charge in [-0.15, -0.1) is 0 Å². The Morgan fingerprint density at radius 2 is 1.67 bits per heavy atom. The molecule has 1 N–H and O–H groups in total. The maximum absolute atomic E-state index is 4.32. The minimum atomic E-state index is 0.949. The maximum atomic E-state index is 4.32. The van der Waals surface area contributed by atoms with Crippen LogP contribution in [0.15, 0.2) is 42.6 Å².